The summed E-state index contributed by atoms with van der Waals surface area (Å²) in [6, 6.07) is 0. The molecule has 2 heterocycles. The highest BCUT2D eigenvalue weighted by Gasteiger charge is 2.31. The van der Waals surface area contributed by atoms with E-state index in [-0.39, 0.29) is 17.2 Å². The Bertz CT molecular complexity index is 420. The van der Waals surface area contributed by atoms with E-state index in [4.69, 9.17) is 4.52 Å². The first kappa shape index (κ1) is 12.1. The lowest BCUT2D eigenvalue weighted by Crippen LogP contribution is -2.25. The zero-order chi connectivity index (χ0) is 12.6. The Morgan fingerprint density at radius 2 is 2.18 bits per heavy atom. The van der Waals surface area contributed by atoms with Crippen molar-refractivity contribution in [3.63, 3.8) is 0 Å². The SMILES string of the molecule is CC(=O)N1CCC(c2nc(C(C)(C)C)no2)C1. The smallest absolute Gasteiger partial charge is 0.231 e. The van der Waals surface area contributed by atoms with Crippen molar-refractivity contribution in [2.75, 3.05) is 13.1 Å². The molecule has 0 aliphatic carbocycles. The minimum absolute atomic E-state index is 0.0966. The van der Waals surface area contributed by atoms with Crippen LogP contribution in [0.4, 0.5) is 0 Å². The van der Waals surface area contributed by atoms with Crippen LogP contribution in [0.1, 0.15) is 51.7 Å². The maximum Gasteiger partial charge on any atom is 0.231 e. The van der Waals surface area contributed by atoms with Gasteiger partial charge in [-0.2, -0.15) is 4.98 Å². The van der Waals surface area contributed by atoms with Gasteiger partial charge in [0, 0.05) is 25.4 Å². The topological polar surface area (TPSA) is 59.2 Å². The summed E-state index contributed by atoms with van der Waals surface area (Å²) in [7, 11) is 0. The lowest BCUT2D eigenvalue weighted by molar-refractivity contribution is -0.127. The molecule has 1 saturated heterocycles. The summed E-state index contributed by atoms with van der Waals surface area (Å²) in [6.07, 6.45) is 0.908. The van der Waals surface area contributed by atoms with Gasteiger partial charge in [-0.1, -0.05) is 25.9 Å². The van der Waals surface area contributed by atoms with Gasteiger partial charge in [0.2, 0.25) is 11.8 Å². The van der Waals surface area contributed by atoms with E-state index in [1.807, 2.05) is 4.90 Å². The van der Waals surface area contributed by atoms with Gasteiger partial charge in [0.25, 0.3) is 0 Å². The zero-order valence-electron chi connectivity index (χ0n) is 10.9. The molecule has 17 heavy (non-hydrogen) atoms. The predicted molar refractivity (Wildman–Crippen MR) is 62.6 cm³/mol. The summed E-state index contributed by atoms with van der Waals surface area (Å²) in [5.74, 6) is 1.71. The standard InChI is InChI=1S/C12H19N3O2/c1-8(16)15-6-5-9(7-15)10-13-11(14-17-10)12(2,3)4/h9H,5-7H2,1-4H3. The molecule has 0 saturated carbocycles. The van der Waals surface area contributed by atoms with Crippen LogP contribution in [0.2, 0.25) is 0 Å². The monoisotopic (exact) mass is 237 g/mol. The number of carbonyl (C=O) groups is 1. The molecule has 1 amide bonds. The fourth-order valence-electron chi connectivity index (χ4n) is 1.95. The highest BCUT2D eigenvalue weighted by atomic mass is 16.5. The molecule has 0 aromatic carbocycles. The third kappa shape index (κ3) is 2.48. The molecule has 5 nitrogen and oxygen atoms in total. The van der Waals surface area contributed by atoms with Gasteiger partial charge in [-0.05, 0) is 6.42 Å². The molecule has 1 unspecified atom stereocenters. The summed E-state index contributed by atoms with van der Waals surface area (Å²) in [5.41, 5.74) is -0.0966. The predicted octanol–water partition coefficient (Wildman–Crippen LogP) is 1.70. The van der Waals surface area contributed by atoms with E-state index in [1.54, 1.807) is 6.92 Å². The average molecular weight is 237 g/mol. The molecule has 1 aromatic heterocycles. The maximum atomic E-state index is 11.2. The van der Waals surface area contributed by atoms with Crippen LogP contribution in [0, 0.1) is 0 Å². The molecular formula is C12H19N3O2. The van der Waals surface area contributed by atoms with Crippen LogP contribution in [-0.4, -0.2) is 34.0 Å². The van der Waals surface area contributed by atoms with Crippen LogP contribution in [0.3, 0.4) is 0 Å². The molecule has 0 bridgehead atoms. The third-order valence-electron chi connectivity index (χ3n) is 3.10. The molecular weight excluding hydrogens is 218 g/mol. The van der Waals surface area contributed by atoms with E-state index in [1.165, 1.54) is 0 Å². The lowest BCUT2D eigenvalue weighted by Gasteiger charge is -2.12. The van der Waals surface area contributed by atoms with E-state index >= 15 is 0 Å². The molecule has 1 aliphatic heterocycles. The van der Waals surface area contributed by atoms with Gasteiger partial charge >= 0.3 is 0 Å². The Kier molecular flexibility index (Phi) is 2.93. The second-order valence-electron chi connectivity index (χ2n) is 5.66. The summed E-state index contributed by atoms with van der Waals surface area (Å²) in [5, 5.41) is 4.01. The molecule has 0 radical (unpaired) electrons. The summed E-state index contributed by atoms with van der Waals surface area (Å²) >= 11 is 0. The minimum Gasteiger partial charge on any atom is -0.342 e. The van der Waals surface area contributed by atoms with E-state index in [9.17, 15) is 4.79 Å². The van der Waals surface area contributed by atoms with Gasteiger partial charge in [-0.25, -0.2) is 0 Å². The van der Waals surface area contributed by atoms with Crippen molar-refractivity contribution in [3.05, 3.63) is 11.7 Å². The van der Waals surface area contributed by atoms with Gasteiger partial charge in [0.1, 0.15) is 0 Å². The molecule has 94 valence electrons. The molecule has 1 aromatic rings. The summed E-state index contributed by atoms with van der Waals surface area (Å²) in [4.78, 5) is 17.5. The molecule has 1 fully saturated rings. The number of amides is 1. The number of hydrogen-bond donors (Lipinski definition) is 0. The Morgan fingerprint density at radius 3 is 2.65 bits per heavy atom. The molecule has 0 N–H and O–H groups in total. The molecule has 1 aliphatic rings. The van der Waals surface area contributed by atoms with Gasteiger partial charge < -0.3 is 9.42 Å². The third-order valence-corrected chi connectivity index (χ3v) is 3.10. The Morgan fingerprint density at radius 1 is 1.47 bits per heavy atom. The van der Waals surface area contributed by atoms with Crippen molar-refractivity contribution in [2.45, 2.75) is 45.4 Å². The number of likely N-dealkylation sites (tertiary alicyclic amines) is 1. The summed E-state index contributed by atoms with van der Waals surface area (Å²) in [6.45, 7) is 9.24. The Balaban J connectivity index is 2.10. The van der Waals surface area contributed by atoms with Crippen molar-refractivity contribution in [3.8, 4) is 0 Å². The number of carbonyl (C=O) groups excluding carboxylic acids is 1. The molecule has 2 rings (SSSR count). The van der Waals surface area contributed by atoms with E-state index in [0.717, 1.165) is 18.8 Å². The van der Waals surface area contributed by atoms with Crippen LogP contribution in [0.15, 0.2) is 4.52 Å². The maximum absolute atomic E-state index is 11.2. The van der Waals surface area contributed by atoms with Crippen molar-refractivity contribution in [1.29, 1.82) is 0 Å². The fourth-order valence-corrected chi connectivity index (χ4v) is 1.95. The summed E-state index contributed by atoms with van der Waals surface area (Å²) < 4.78 is 5.30. The van der Waals surface area contributed by atoms with Gasteiger partial charge in [0.15, 0.2) is 5.82 Å². The largest absolute Gasteiger partial charge is 0.342 e. The van der Waals surface area contributed by atoms with Gasteiger partial charge in [0.05, 0.1) is 5.92 Å². The molecule has 0 spiro atoms. The quantitative estimate of drug-likeness (QED) is 0.746. The highest BCUT2D eigenvalue weighted by molar-refractivity contribution is 5.73. The fraction of sp³-hybridized carbons (Fsp3) is 0.750. The van der Waals surface area contributed by atoms with E-state index in [0.29, 0.717) is 12.4 Å². The number of nitrogens with zero attached hydrogens (tertiary/aromatic N) is 3. The van der Waals surface area contributed by atoms with Gasteiger partial charge in [-0.3, -0.25) is 4.79 Å². The van der Waals surface area contributed by atoms with E-state index in [2.05, 4.69) is 30.9 Å². The Labute approximate surface area is 101 Å². The number of aromatic nitrogens is 2. The first-order valence-electron chi connectivity index (χ1n) is 5.97. The Hall–Kier alpha value is -1.39. The molecule has 1 atom stereocenters. The van der Waals surface area contributed by atoms with Crippen LogP contribution < -0.4 is 0 Å². The van der Waals surface area contributed by atoms with Crippen molar-refractivity contribution in [1.82, 2.24) is 15.0 Å². The van der Waals surface area contributed by atoms with Gasteiger partial charge in [-0.15, -0.1) is 0 Å². The normalized spacial score (nSPS) is 20.9. The van der Waals surface area contributed by atoms with Crippen molar-refractivity contribution < 1.29 is 9.32 Å². The van der Waals surface area contributed by atoms with Crippen LogP contribution >= 0.6 is 0 Å². The second kappa shape index (κ2) is 4.13. The van der Waals surface area contributed by atoms with Crippen LogP contribution in [-0.2, 0) is 10.2 Å². The lowest BCUT2D eigenvalue weighted by atomic mass is 9.96. The van der Waals surface area contributed by atoms with Crippen molar-refractivity contribution in [2.24, 2.45) is 0 Å². The second-order valence-corrected chi connectivity index (χ2v) is 5.66. The van der Waals surface area contributed by atoms with Crippen LogP contribution in [0.25, 0.3) is 0 Å². The molecule has 5 heteroatoms. The van der Waals surface area contributed by atoms with Crippen LogP contribution in [0.5, 0.6) is 0 Å². The first-order valence-corrected chi connectivity index (χ1v) is 5.97. The van der Waals surface area contributed by atoms with Crippen molar-refractivity contribution >= 4 is 5.91 Å². The average Bonchev–Trinajstić information content (AvgIpc) is 2.85. The highest BCUT2D eigenvalue weighted by Crippen LogP contribution is 2.28. The minimum atomic E-state index is -0.0966. The van der Waals surface area contributed by atoms with E-state index < -0.39 is 0 Å². The zero-order valence-corrected chi connectivity index (χ0v) is 10.9. The number of hydrogen-bond acceptors (Lipinski definition) is 4. The number of rotatable bonds is 1. The first-order chi connectivity index (χ1) is 7.88.